The van der Waals surface area contributed by atoms with Gasteiger partial charge in [-0.3, -0.25) is 4.79 Å². The smallest absolute Gasteiger partial charge is 0.174 e. The van der Waals surface area contributed by atoms with Gasteiger partial charge in [0.15, 0.2) is 17.3 Å². The van der Waals surface area contributed by atoms with Crippen LogP contribution in [0.2, 0.25) is 0 Å². The third kappa shape index (κ3) is 3.37. The number of fused-ring (bicyclic) bond motifs is 3. The molecule has 0 aliphatic carbocycles. The second kappa shape index (κ2) is 7.17. The molecule has 2 aliphatic rings. The maximum absolute atomic E-state index is 13.1. The van der Waals surface area contributed by atoms with Crippen molar-refractivity contribution in [3.05, 3.63) is 41.0 Å². The third-order valence-electron chi connectivity index (χ3n) is 5.58. The van der Waals surface area contributed by atoms with E-state index in [4.69, 9.17) is 23.7 Å². The summed E-state index contributed by atoms with van der Waals surface area (Å²) in [6.07, 6.45) is 1.43. The van der Waals surface area contributed by atoms with Crippen LogP contribution in [-0.4, -0.2) is 32.7 Å². The molecule has 0 N–H and O–H groups in total. The van der Waals surface area contributed by atoms with Crippen LogP contribution < -0.4 is 23.7 Å². The largest absolute Gasteiger partial charge is 0.496 e. The van der Waals surface area contributed by atoms with E-state index in [2.05, 4.69) is 13.8 Å². The van der Waals surface area contributed by atoms with E-state index in [1.54, 1.807) is 21.3 Å². The zero-order chi connectivity index (χ0) is 20.8. The van der Waals surface area contributed by atoms with Gasteiger partial charge >= 0.3 is 0 Å². The van der Waals surface area contributed by atoms with Crippen LogP contribution in [0.4, 0.5) is 0 Å². The van der Waals surface area contributed by atoms with Crippen LogP contribution >= 0.6 is 0 Å². The molecule has 6 heteroatoms. The Morgan fingerprint density at radius 2 is 1.72 bits per heavy atom. The number of hydrogen-bond acceptors (Lipinski definition) is 6. The predicted molar refractivity (Wildman–Crippen MR) is 108 cm³/mol. The van der Waals surface area contributed by atoms with Crippen molar-refractivity contribution < 1.29 is 28.5 Å². The van der Waals surface area contributed by atoms with Crippen molar-refractivity contribution in [3.63, 3.8) is 0 Å². The zero-order valence-corrected chi connectivity index (χ0v) is 17.5. The minimum Gasteiger partial charge on any atom is -0.496 e. The molecule has 6 nitrogen and oxygen atoms in total. The Labute approximate surface area is 170 Å². The summed E-state index contributed by atoms with van der Waals surface area (Å²) in [6.45, 7) is 4.11. The molecular weight excluding hydrogens is 372 g/mol. The first kappa shape index (κ1) is 19.4. The van der Waals surface area contributed by atoms with Crippen molar-refractivity contribution >= 4 is 5.78 Å². The standard InChI is InChI=1S/C23H26O6/c1-23(2)9-8-14-18(29-23)12-20(27-5)21-15(24)11-17(28-22(14)21)13-6-7-16(25-3)19(10-13)26-4/h6-7,10,12,17H,8-9,11H2,1-5H3. The summed E-state index contributed by atoms with van der Waals surface area (Å²) >= 11 is 0. The SMILES string of the molecule is COc1ccc(C2CC(=O)c3c(OC)cc4c(c3O2)CCC(C)(C)O4)cc1OC. The number of carbonyl (C=O) groups excluding carboxylic acids is 1. The Kier molecular flexibility index (Phi) is 4.81. The number of ketones is 1. The highest BCUT2D eigenvalue weighted by Crippen LogP contribution is 2.49. The molecule has 0 fully saturated rings. The van der Waals surface area contributed by atoms with Gasteiger partial charge in [0, 0.05) is 11.6 Å². The molecule has 2 aliphatic heterocycles. The monoisotopic (exact) mass is 398 g/mol. The van der Waals surface area contributed by atoms with Gasteiger partial charge in [0.2, 0.25) is 0 Å². The first-order valence-electron chi connectivity index (χ1n) is 9.71. The molecule has 0 saturated heterocycles. The maximum atomic E-state index is 13.1. The Bertz CT molecular complexity index is 962. The van der Waals surface area contributed by atoms with Crippen LogP contribution in [0.15, 0.2) is 24.3 Å². The number of rotatable bonds is 4. The second-order valence-corrected chi connectivity index (χ2v) is 7.97. The number of carbonyl (C=O) groups is 1. The van der Waals surface area contributed by atoms with Gasteiger partial charge in [-0.2, -0.15) is 0 Å². The fourth-order valence-corrected chi connectivity index (χ4v) is 4.00. The van der Waals surface area contributed by atoms with Crippen molar-refractivity contribution in [3.8, 4) is 28.7 Å². The predicted octanol–water partition coefficient (Wildman–Crippen LogP) is 4.52. The Morgan fingerprint density at radius 3 is 2.41 bits per heavy atom. The molecule has 0 amide bonds. The molecule has 0 aromatic heterocycles. The number of Topliss-reactive ketones (excluding diaryl/α,β-unsaturated/α-hetero) is 1. The lowest BCUT2D eigenvalue weighted by molar-refractivity contribution is 0.0758. The highest BCUT2D eigenvalue weighted by Gasteiger charge is 2.37. The molecule has 1 unspecified atom stereocenters. The third-order valence-corrected chi connectivity index (χ3v) is 5.58. The highest BCUT2D eigenvalue weighted by atomic mass is 16.5. The molecule has 2 aromatic carbocycles. The molecule has 0 saturated carbocycles. The van der Waals surface area contributed by atoms with Gasteiger partial charge in [0.05, 0.1) is 27.8 Å². The van der Waals surface area contributed by atoms with Crippen molar-refractivity contribution in [2.75, 3.05) is 21.3 Å². The van der Waals surface area contributed by atoms with Gasteiger partial charge in [0.1, 0.15) is 34.5 Å². The average molecular weight is 398 g/mol. The van der Waals surface area contributed by atoms with Gasteiger partial charge < -0.3 is 23.7 Å². The van der Waals surface area contributed by atoms with E-state index in [-0.39, 0.29) is 17.8 Å². The highest BCUT2D eigenvalue weighted by molar-refractivity contribution is 6.03. The molecule has 1 atom stereocenters. The Balaban J connectivity index is 1.78. The average Bonchev–Trinajstić information content (AvgIpc) is 2.71. The van der Waals surface area contributed by atoms with Gasteiger partial charge in [-0.25, -0.2) is 0 Å². The minimum absolute atomic E-state index is 0.00415. The minimum atomic E-state index is -0.416. The number of methoxy groups -OCH3 is 3. The summed E-state index contributed by atoms with van der Waals surface area (Å²) in [6, 6.07) is 7.39. The van der Waals surface area contributed by atoms with Crippen LogP contribution in [0, 0.1) is 0 Å². The molecule has 29 heavy (non-hydrogen) atoms. The first-order valence-corrected chi connectivity index (χ1v) is 9.71. The summed E-state index contributed by atoms with van der Waals surface area (Å²) in [5.74, 6) is 3.02. The first-order chi connectivity index (χ1) is 13.9. The quantitative estimate of drug-likeness (QED) is 0.754. The fraction of sp³-hybridized carbons (Fsp3) is 0.435. The van der Waals surface area contributed by atoms with E-state index in [0.29, 0.717) is 28.6 Å². The summed E-state index contributed by atoms with van der Waals surface area (Å²) < 4.78 is 28.8. The molecule has 4 rings (SSSR count). The van der Waals surface area contributed by atoms with Crippen molar-refractivity contribution in [2.45, 2.75) is 44.8 Å². The van der Waals surface area contributed by atoms with E-state index in [1.807, 2.05) is 24.3 Å². The van der Waals surface area contributed by atoms with Crippen LogP contribution in [0.25, 0.3) is 0 Å². The van der Waals surface area contributed by atoms with E-state index in [9.17, 15) is 4.79 Å². The molecule has 2 heterocycles. The second-order valence-electron chi connectivity index (χ2n) is 7.97. The zero-order valence-electron chi connectivity index (χ0n) is 17.5. The van der Waals surface area contributed by atoms with Crippen molar-refractivity contribution in [1.29, 1.82) is 0 Å². The lowest BCUT2D eigenvalue weighted by Gasteiger charge is -2.36. The Morgan fingerprint density at radius 1 is 1.00 bits per heavy atom. The fourth-order valence-electron chi connectivity index (χ4n) is 4.00. The Hall–Kier alpha value is -2.89. The summed E-state index contributed by atoms with van der Waals surface area (Å²) in [5, 5.41) is 0. The lowest BCUT2D eigenvalue weighted by atomic mass is 9.88. The van der Waals surface area contributed by atoms with E-state index in [0.717, 1.165) is 29.7 Å². The van der Waals surface area contributed by atoms with Gasteiger partial charge in [-0.15, -0.1) is 0 Å². The van der Waals surface area contributed by atoms with Crippen LogP contribution in [0.1, 0.15) is 54.3 Å². The van der Waals surface area contributed by atoms with Crippen LogP contribution in [0.3, 0.4) is 0 Å². The number of benzene rings is 2. The molecule has 0 radical (unpaired) electrons. The topological polar surface area (TPSA) is 63.2 Å². The van der Waals surface area contributed by atoms with Gasteiger partial charge in [-0.1, -0.05) is 6.07 Å². The summed E-state index contributed by atoms with van der Waals surface area (Å²) in [7, 11) is 4.74. The molecule has 154 valence electrons. The molecule has 2 aromatic rings. The summed E-state index contributed by atoms with van der Waals surface area (Å²) in [4.78, 5) is 13.1. The molecular formula is C23H26O6. The van der Waals surface area contributed by atoms with Crippen LogP contribution in [0.5, 0.6) is 28.7 Å². The van der Waals surface area contributed by atoms with Gasteiger partial charge in [-0.05, 0) is 44.4 Å². The normalized spacial score (nSPS) is 19.3. The van der Waals surface area contributed by atoms with Crippen molar-refractivity contribution in [1.82, 2.24) is 0 Å². The summed E-state index contributed by atoms with van der Waals surface area (Å²) in [5.41, 5.74) is 2.02. The van der Waals surface area contributed by atoms with E-state index in [1.165, 1.54) is 0 Å². The number of ether oxygens (including phenoxy) is 5. The van der Waals surface area contributed by atoms with E-state index < -0.39 is 6.10 Å². The van der Waals surface area contributed by atoms with E-state index >= 15 is 0 Å². The number of hydrogen-bond donors (Lipinski definition) is 0. The van der Waals surface area contributed by atoms with Crippen LogP contribution in [-0.2, 0) is 6.42 Å². The molecule has 0 bridgehead atoms. The maximum Gasteiger partial charge on any atom is 0.174 e. The van der Waals surface area contributed by atoms with Crippen molar-refractivity contribution in [2.24, 2.45) is 0 Å². The molecule has 0 spiro atoms. The van der Waals surface area contributed by atoms with Gasteiger partial charge in [0.25, 0.3) is 0 Å². The lowest BCUT2D eigenvalue weighted by Crippen LogP contribution is -2.33.